The van der Waals surface area contributed by atoms with E-state index < -0.39 is 0 Å². The van der Waals surface area contributed by atoms with Crippen molar-refractivity contribution in [2.45, 2.75) is 25.2 Å². The van der Waals surface area contributed by atoms with E-state index in [1.54, 1.807) is 13.3 Å². The molecule has 0 spiro atoms. The summed E-state index contributed by atoms with van der Waals surface area (Å²) >= 11 is 0. The quantitative estimate of drug-likeness (QED) is 0.617. The van der Waals surface area contributed by atoms with Gasteiger partial charge in [0, 0.05) is 30.2 Å². The van der Waals surface area contributed by atoms with Crippen LogP contribution < -0.4 is 11.5 Å². The second kappa shape index (κ2) is 4.24. The normalized spacial score (nSPS) is 18.6. The summed E-state index contributed by atoms with van der Waals surface area (Å²) in [5.74, 6) is 0. The number of hydrogen-bond acceptors (Lipinski definition) is 3. The molecule has 3 heteroatoms. The smallest absolute Gasteiger partial charge is 0.0406 e. The number of anilines is 1. The summed E-state index contributed by atoms with van der Waals surface area (Å²) in [5.41, 5.74) is 16.0. The number of nitrogens with zero attached hydrogens (tertiary/aromatic N) is 1. The Balaban J connectivity index is 2.47. The molecule has 0 atom stereocenters. The number of aliphatic imine (C=N–C) groups is 1. The van der Waals surface area contributed by atoms with Crippen molar-refractivity contribution in [1.82, 2.24) is 0 Å². The molecular formula is C14H19N3. The monoisotopic (exact) mass is 229 g/mol. The number of hydrogen-bond donors (Lipinski definition) is 2. The van der Waals surface area contributed by atoms with E-state index in [-0.39, 0.29) is 5.41 Å². The minimum Gasteiger partial charge on any atom is -0.399 e. The molecule has 0 saturated heterocycles. The molecule has 0 unspecified atom stereocenters. The highest BCUT2D eigenvalue weighted by Crippen LogP contribution is 2.49. The molecule has 1 aromatic rings. The molecule has 17 heavy (non-hydrogen) atoms. The van der Waals surface area contributed by atoms with Gasteiger partial charge in [0.25, 0.3) is 0 Å². The Labute approximate surface area is 102 Å². The SMILES string of the molecule is CN=C/C=C(\N)c1cc(N)ccc1C1(C)CC1. The van der Waals surface area contributed by atoms with Gasteiger partial charge >= 0.3 is 0 Å². The summed E-state index contributed by atoms with van der Waals surface area (Å²) in [6, 6.07) is 6.00. The Kier molecular flexibility index (Phi) is 2.92. The van der Waals surface area contributed by atoms with Gasteiger partial charge in [-0.3, -0.25) is 4.99 Å². The van der Waals surface area contributed by atoms with Gasteiger partial charge < -0.3 is 11.5 Å². The molecule has 90 valence electrons. The summed E-state index contributed by atoms with van der Waals surface area (Å²) in [4.78, 5) is 3.92. The molecule has 1 fully saturated rings. The van der Waals surface area contributed by atoms with Crippen LogP contribution in [0.25, 0.3) is 5.70 Å². The standard InChI is InChI=1S/C14H19N3/c1-14(6-7-14)12-4-3-10(15)9-11(12)13(16)5-8-17-2/h3-5,8-9H,6-7,15-16H2,1-2H3/b13-5-,17-8?. The highest BCUT2D eigenvalue weighted by molar-refractivity contribution is 5.85. The highest BCUT2D eigenvalue weighted by atomic mass is 14.6. The van der Waals surface area contributed by atoms with Crippen LogP contribution in [0.1, 0.15) is 30.9 Å². The zero-order chi connectivity index (χ0) is 12.5. The van der Waals surface area contributed by atoms with Crippen LogP contribution in [0.3, 0.4) is 0 Å². The average molecular weight is 229 g/mol. The van der Waals surface area contributed by atoms with Gasteiger partial charge in [-0.2, -0.15) is 0 Å². The molecule has 0 amide bonds. The van der Waals surface area contributed by atoms with Crippen molar-refractivity contribution >= 4 is 17.6 Å². The molecule has 2 rings (SSSR count). The van der Waals surface area contributed by atoms with Crippen LogP contribution in [-0.2, 0) is 5.41 Å². The zero-order valence-corrected chi connectivity index (χ0v) is 10.4. The lowest BCUT2D eigenvalue weighted by Gasteiger charge is -2.16. The molecule has 0 aliphatic heterocycles. The maximum atomic E-state index is 6.09. The van der Waals surface area contributed by atoms with Gasteiger partial charge in [0.2, 0.25) is 0 Å². The topological polar surface area (TPSA) is 64.4 Å². The van der Waals surface area contributed by atoms with E-state index in [0.717, 1.165) is 16.9 Å². The van der Waals surface area contributed by atoms with Crippen molar-refractivity contribution in [2.75, 3.05) is 12.8 Å². The second-order valence-corrected chi connectivity index (χ2v) is 4.89. The Morgan fingerprint density at radius 2 is 2.12 bits per heavy atom. The summed E-state index contributed by atoms with van der Waals surface area (Å²) in [5, 5.41) is 0. The molecule has 0 aromatic heterocycles. The number of nitrogen functional groups attached to an aromatic ring is 1. The molecule has 1 aliphatic rings. The minimum atomic E-state index is 0.283. The maximum absolute atomic E-state index is 6.09. The predicted octanol–water partition coefficient (Wildman–Crippen LogP) is 2.32. The Morgan fingerprint density at radius 3 is 2.71 bits per heavy atom. The van der Waals surface area contributed by atoms with Crippen molar-refractivity contribution in [1.29, 1.82) is 0 Å². The van der Waals surface area contributed by atoms with Crippen LogP contribution in [-0.4, -0.2) is 13.3 Å². The van der Waals surface area contributed by atoms with Gasteiger partial charge in [0.15, 0.2) is 0 Å². The van der Waals surface area contributed by atoms with Crippen molar-refractivity contribution < 1.29 is 0 Å². The zero-order valence-electron chi connectivity index (χ0n) is 10.4. The third-order valence-corrected chi connectivity index (χ3v) is 3.41. The molecule has 0 bridgehead atoms. The number of benzene rings is 1. The first-order valence-electron chi connectivity index (χ1n) is 5.85. The van der Waals surface area contributed by atoms with Gasteiger partial charge in [0.05, 0.1) is 0 Å². The molecular weight excluding hydrogens is 210 g/mol. The van der Waals surface area contributed by atoms with E-state index in [0.29, 0.717) is 0 Å². The molecule has 0 heterocycles. The predicted molar refractivity (Wildman–Crippen MR) is 74.0 cm³/mol. The van der Waals surface area contributed by atoms with Crippen LogP contribution in [0, 0.1) is 0 Å². The number of rotatable bonds is 3. The first-order chi connectivity index (χ1) is 8.07. The summed E-state index contributed by atoms with van der Waals surface area (Å²) in [6.07, 6.45) is 5.97. The summed E-state index contributed by atoms with van der Waals surface area (Å²) < 4.78 is 0. The molecule has 1 saturated carbocycles. The van der Waals surface area contributed by atoms with Gasteiger partial charge in [-0.05, 0) is 42.0 Å². The molecule has 4 N–H and O–H groups in total. The minimum absolute atomic E-state index is 0.283. The van der Waals surface area contributed by atoms with Crippen molar-refractivity contribution in [2.24, 2.45) is 10.7 Å². The number of nitrogens with two attached hydrogens (primary N) is 2. The van der Waals surface area contributed by atoms with Gasteiger partial charge in [0.1, 0.15) is 0 Å². The first kappa shape index (κ1) is 11.7. The van der Waals surface area contributed by atoms with E-state index in [1.165, 1.54) is 18.4 Å². The van der Waals surface area contributed by atoms with E-state index in [9.17, 15) is 0 Å². The fourth-order valence-electron chi connectivity index (χ4n) is 2.03. The fraction of sp³-hybridized carbons (Fsp3) is 0.357. The van der Waals surface area contributed by atoms with Crippen LogP contribution >= 0.6 is 0 Å². The molecule has 3 nitrogen and oxygen atoms in total. The van der Waals surface area contributed by atoms with Crippen molar-refractivity contribution in [3.05, 3.63) is 35.4 Å². The van der Waals surface area contributed by atoms with Crippen LogP contribution in [0.5, 0.6) is 0 Å². The summed E-state index contributed by atoms with van der Waals surface area (Å²) in [7, 11) is 1.73. The van der Waals surface area contributed by atoms with Crippen LogP contribution in [0.2, 0.25) is 0 Å². The number of allylic oxidation sites excluding steroid dienone is 1. The second-order valence-electron chi connectivity index (χ2n) is 4.89. The first-order valence-corrected chi connectivity index (χ1v) is 5.85. The Morgan fingerprint density at radius 1 is 1.41 bits per heavy atom. The molecule has 1 aromatic carbocycles. The third kappa shape index (κ3) is 2.33. The molecule has 0 radical (unpaired) electrons. The van der Waals surface area contributed by atoms with E-state index in [1.807, 2.05) is 18.2 Å². The third-order valence-electron chi connectivity index (χ3n) is 3.41. The highest BCUT2D eigenvalue weighted by Gasteiger charge is 2.40. The van der Waals surface area contributed by atoms with Crippen molar-refractivity contribution in [3.63, 3.8) is 0 Å². The van der Waals surface area contributed by atoms with E-state index >= 15 is 0 Å². The van der Waals surface area contributed by atoms with Gasteiger partial charge in [-0.15, -0.1) is 0 Å². The Bertz CT molecular complexity index is 482. The Hall–Kier alpha value is -1.77. The van der Waals surface area contributed by atoms with E-state index in [4.69, 9.17) is 11.5 Å². The largest absolute Gasteiger partial charge is 0.399 e. The fourth-order valence-corrected chi connectivity index (χ4v) is 2.03. The van der Waals surface area contributed by atoms with Gasteiger partial charge in [-0.1, -0.05) is 13.0 Å². The lowest BCUT2D eigenvalue weighted by molar-refractivity contribution is 0.784. The maximum Gasteiger partial charge on any atom is 0.0406 e. The molecule has 1 aliphatic carbocycles. The lowest BCUT2D eigenvalue weighted by Crippen LogP contribution is -2.09. The summed E-state index contributed by atoms with van der Waals surface area (Å²) in [6.45, 7) is 2.27. The van der Waals surface area contributed by atoms with Gasteiger partial charge in [-0.25, -0.2) is 0 Å². The van der Waals surface area contributed by atoms with E-state index in [2.05, 4.69) is 18.0 Å². The van der Waals surface area contributed by atoms with Crippen LogP contribution in [0.4, 0.5) is 5.69 Å². The average Bonchev–Trinajstić information content (AvgIpc) is 3.05. The lowest BCUT2D eigenvalue weighted by atomic mass is 9.91. The van der Waals surface area contributed by atoms with Crippen molar-refractivity contribution in [3.8, 4) is 0 Å². The van der Waals surface area contributed by atoms with Crippen LogP contribution in [0.15, 0.2) is 29.3 Å².